The largest absolute Gasteiger partial charge is 0.494 e. The lowest BCUT2D eigenvalue weighted by atomic mass is 10.1. The molecule has 128 valence electrons. The van der Waals surface area contributed by atoms with Crippen molar-refractivity contribution in [1.29, 1.82) is 0 Å². The Morgan fingerprint density at radius 2 is 1.62 bits per heavy atom. The molecule has 0 saturated heterocycles. The summed E-state index contributed by atoms with van der Waals surface area (Å²) in [5.74, 6) is 1.11. The third-order valence-corrected chi connectivity index (χ3v) is 3.32. The molecule has 0 spiro atoms. The molecule has 5 heteroatoms. The van der Waals surface area contributed by atoms with Crippen molar-refractivity contribution in [2.24, 2.45) is 0 Å². The third-order valence-electron chi connectivity index (χ3n) is 3.32. The standard InChI is InChI=1S/C19H22FNO3/c1-2-23-17-8-4-15(5-9-17)14-19(22)21-12-3-13-24-18-10-6-16(20)7-11-18/h4-11H,2-3,12-14H2,1H3,(H,21,22). The van der Waals surface area contributed by atoms with Gasteiger partial charge in [-0.05, 0) is 55.3 Å². The Morgan fingerprint density at radius 1 is 1.00 bits per heavy atom. The van der Waals surface area contributed by atoms with E-state index >= 15 is 0 Å². The summed E-state index contributed by atoms with van der Waals surface area (Å²) in [6.45, 7) is 3.56. The number of carbonyl (C=O) groups excluding carboxylic acids is 1. The lowest BCUT2D eigenvalue weighted by Crippen LogP contribution is -2.27. The van der Waals surface area contributed by atoms with Crippen molar-refractivity contribution in [3.63, 3.8) is 0 Å². The van der Waals surface area contributed by atoms with Gasteiger partial charge in [-0.2, -0.15) is 0 Å². The fraction of sp³-hybridized carbons (Fsp3) is 0.316. The Bertz CT molecular complexity index is 626. The van der Waals surface area contributed by atoms with Crippen LogP contribution in [0.4, 0.5) is 4.39 Å². The van der Waals surface area contributed by atoms with E-state index in [-0.39, 0.29) is 11.7 Å². The van der Waals surface area contributed by atoms with Crippen LogP contribution >= 0.6 is 0 Å². The molecule has 0 bridgehead atoms. The fourth-order valence-corrected chi connectivity index (χ4v) is 2.14. The number of nitrogens with one attached hydrogen (secondary N) is 1. The van der Waals surface area contributed by atoms with Crippen molar-refractivity contribution < 1.29 is 18.7 Å². The first-order valence-electron chi connectivity index (χ1n) is 8.04. The molecule has 1 amide bonds. The molecule has 0 aromatic heterocycles. The van der Waals surface area contributed by atoms with E-state index in [1.54, 1.807) is 12.1 Å². The van der Waals surface area contributed by atoms with Crippen LogP contribution in [0, 0.1) is 5.82 Å². The number of carbonyl (C=O) groups is 1. The second kappa shape index (κ2) is 9.55. The summed E-state index contributed by atoms with van der Waals surface area (Å²) in [7, 11) is 0. The molecule has 0 radical (unpaired) electrons. The zero-order chi connectivity index (χ0) is 17.2. The predicted molar refractivity (Wildman–Crippen MR) is 90.8 cm³/mol. The highest BCUT2D eigenvalue weighted by Crippen LogP contribution is 2.12. The summed E-state index contributed by atoms with van der Waals surface area (Å²) in [4.78, 5) is 11.9. The van der Waals surface area contributed by atoms with E-state index < -0.39 is 0 Å². The van der Waals surface area contributed by atoms with Gasteiger partial charge in [-0.1, -0.05) is 12.1 Å². The number of halogens is 1. The van der Waals surface area contributed by atoms with Crippen LogP contribution in [-0.4, -0.2) is 25.7 Å². The zero-order valence-corrected chi connectivity index (χ0v) is 13.8. The normalized spacial score (nSPS) is 10.2. The fourth-order valence-electron chi connectivity index (χ4n) is 2.14. The average Bonchev–Trinajstić information content (AvgIpc) is 2.58. The SMILES string of the molecule is CCOc1ccc(CC(=O)NCCCOc2ccc(F)cc2)cc1. The Balaban J connectivity index is 1.61. The van der Waals surface area contributed by atoms with E-state index in [9.17, 15) is 9.18 Å². The maximum Gasteiger partial charge on any atom is 0.224 e. The van der Waals surface area contributed by atoms with E-state index in [0.29, 0.717) is 38.3 Å². The van der Waals surface area contributed by atoms with Crippen molar-refractivity contribution in [3.8, 4) is 11.5 Å². The molecule has 2 aromatic rings. The predicted octanol–water partition coefficient (Wildman–Crippen LogP) is 3.35. The number of benzene rings is 2. The molecule has 0 unspecified atom stereocenters. The van der Waals surface area contributed by atoms with Gasteiger partial charge in [0.1, 0.15) is 17.3 Å². The summed E-state index contributed by atoms with van der Waals surface area (Å²) in [5.41, 5.74) is 0.943. The maximum absolute atomic E-state index is 12.7. The van der Waals surface area contributed by atoms with Crippen LogP contribution in [0.1, 0.15) is 18.9 Å². The minimum atomic E-state index is -0.288. The molecule has 2 aromatic carbocycles. The van der Waals surface area contributed by atoms with Gasteiger partial charge in [0.05, 0.1) is 19.6 Å². The average molecular weight is 331 g/mol. The Morgan fingerprint density at radius 3 is 2.29 bits per heavy atom. The van der Waals surface area contributed by atoms with Gasteiger partial charge in [0.2, 0.25) is 5.91 Å². The minimum Gasteiger partial charge on any atom is -0.494 e. The topological polar surface area (TPSA) is 47.6 Å². The Hall–Kier alpha value is -2.56. The van der Waals surface area contributed by atoms with Crippen LogP contribution < -0.4 is 14.8 Å². The summed E-state index contributed by atoms with van der Waals surface area (Å²) in [6.07, 6.45) is 1.03. The van der Waals surface area contributed by atoms with E-state index in [2.05, 4.69) is 5.32 Å². The van der Waals surface area contributed by atoms with Crippen molar-refractivity contribution in [3.05, 3.63) is 59.9 Å². The molecule has 0 aliphatic rings. The van der Waals surface area contributed by atoms with Gasteiger partial charge in [0, 0.05) is 6.54 Å². The Labute approximate surface area is 141 Å². The number of amides is 1. The summed E-state index contributed by atoms with van der Waals surface area (Å²) in [5, 5.41) is 2.86. The van der Waals surface area contributed by atoms with Gasteiger partial charge in [-0.3, -0.25) is 4.79 Å². The van der Waals surface area contributed by atoms with Crippen molar-refractivity contribution in [1.82, 2.24) is 5.32 Å². The highest BCUT2D eigenvalue weighted by atomic mass is 19.1. The highest BCUT2D eigenvalue weighted by molar-refractivity contribution is 5.78. The van der Waals surface area contributed by atoms with Gasteiger partial charge in [-0.15, -0.1) is 0 Å². The van der Waals surface area contributed by atoms with Crippen LogP contribution in [0.15, 0.2) is 48.5 Å². The molecule has 0 saturated carbocycles. The second-order valence-corrected chi connectivity index (χ2v) is 5.26. The lowest BCUT2D eigenvalue weighted by molar-refractivity contribution is -0.120. The van der Waals surface area contributed by atoms with Crippen LogP contribution in [0.25, 0.3) is 0 Å². The number of hydrogen-bond donors (Lipinski definition) is 1. The molecular formula is C19H22FNO3. The van der Waals surface area contributed by atoms with Crippen LogP contribution in [-0.2, 0) is 11.2 Å². The van der Waals surface area contributed by atoms with Gasteiger partial charge in [0.15, 0.2) is 0 Å². The minimum absolute atomic E-state index is 0.0269. The van der Waals surface area contributed by atoms with Crippen molar-refractivity contribution in [2.75, 3.05) is 19.8 Å². The third kappa shape index (κ3) is 6.28. The summed E-state index contributed by atoms with van der Waals surface area (Å²) < 4.78 is 23.6. The second-order valence-electron chi connectivity index (χ2n) is 5.26. The zero-order valence-electron chi connectivity index (χ0n) is 13.8. The quantitative estimate of drug-likeness (QED) is 0.717. The van der Waals surface area contributed by atoms with Gasteiger partial charge in [0.25, 0.3) is 0 Å². The first kappa shape index (κ1) is 17.8. The molecule has 2 rings (SSSR count). The molecule has 0 atom stereocenters. The molecule has 0 heterocycles. The molecule has 0 aliphatic heterocycles. The molecular weight excluding hydrogens is 309 g/mol. The van der Waals surface area contributed by atoms with E-state index in [4.69, 9.17) is 9.47 Å². The Kier molecular flexibility index (Phi) is 7.08. The molecule has 0 aliphatic carbocycles. The number of ether oxygens (including phenoxy) is 2. The van der Waals surface area contributed by atoms with E-state index in [1.807, 2.05) is 31.2 Å². The molecule has 0 fully saturated rings. The maximum atomic E-state index is 12.7. The molecule has 1 N–H and O–H groups in total. The van der Waals surface area contributed by atoms with Crippen LogP contribution in [0.3, 0.4) is 0 Å². The monoisotopic (exact) mass is 331 g/mol. The number of rotatable bonds is 9. The first-order valence-corrected chi connectivity index (χ1v) is 8.04. The van der Waals surface area contributed by atoms with Gasteiger partial charge in [-0.25, -0.2) is 4.39 Å². The van der Waals surface area contributed by atoms with Crippen LogP contribution in [0.5, 0.6) is 11.5 Å². The van der Waals surface area contributed by atoms with Gasteiger partial charge >= 0.3 is 0 Å². The van der Waals surface area contributed by atoms with Gasteiger partial charge < -0.3 is 14.8 Å². The smallest absolute Gasteiger partial charge is 0.224 e. The molecule has 24 heavy (non-hydrogen) atoms. The van der Waals surface area contributed by atoms with Crippen LogP contribution in [0.2, 0.25) is 0 Å². The summed E-state index contributed by atoms with van der Waals surface area (Å²) >= 11 is 0. The van der Waals surface area contributed by atoms with Crippen molar-refractivity contribution >= 4 is 5.91 Å². The number of hydrogen-bond acceptors (Lipinski definition) is 3. The van der Waals surface area contributed by atoms with Crippen molar-refractivity contribution in [2.45, 2.75) is 19.8 Å². The summed E-state index contributed by atoms with van der Waals surface area (Å²) in [6, 6.07) is 13.4. The van der Waals surface area contributed by atoms with E-state index in [1.165, 1.54) is 12.1 Å². The molecule has 4 nitrogen and oxygen atoms in total. The first-order chi connectivity index (χ1) is 11.7. The van der Waals surface area contributed by atoms with E-state index in [0.717, 1.165) is 11.3 Å². The highest BCUT2D eigenvalue weighted by Gasteiger charge is 2.03. The lowest BCUT2D eigenvalue weighted by Gasteiger charge is -2.08.